The molecular weight excluding hydrogens is 270 g/mol. The van der Waals surface area contributed by atoms with Gasteiger partial charge in [-0.15, -0.1) is 0 Å². The van der Waals surface area contributed by atoms with E-state index in [1.807, 2.05) is 11.5 Å². The van der Waals surface area contributed by atoms with E-state index < -0.39 is 0 Å². The average Bonchev–Trinajstić information content (AvgIpc) is 2.79. The lowest BCUT2D eigenvalue weighted by Gasteiger charge is -2.52. The Morgan fingerprint density at radius 3 is 2.81 bits per heavy atom. The Morgan fingerprint density at radius 1 is 1.43 bits per heavy atom. The fraction of sp³-hybridized carbons (Fsp3) is 0.643. The van der Waals surface area contributed by atoms with Gasteiger partial charge in [-0.3, -0.25) is 4.57 Å². The predicted molar refractivity (Wildman–Crippen MR) is 79.1 cm³/mol. The molecule has 1 fully saturated rings. The number of imidazole rings is 1. The van der Waals surface area contributed by atoms with Crippen LogP contribution in [-0.4, -0.2) is 39.3 Å². The maximum absolute atomic E-state index is 6.12. The summed E-state index contributed by atoms with van der Waals surface area (Å²) in [5, 5.41) is 0. The minimum Gasteiger partial charge on any atom is -0.479 e. The molecular formula is C14H21N5O2. The highest BCUT2D eigenvalue weighted by Crippen LogP contribution is 2.52. The van der Waals surface area contributed by atoms with Crippen LogP contribution in [0, 0.1) is 5.41 Å². The van der Waals surface area contributed by atoms with Crippen LogP contribution in [0.25, 0.3) is 11.2 Å². The van der Waals surface area contributed by atoms with E-state index in [4.69, 9.17) is 15.2 Å². The second-order valence-corrected chi connectivity index (χ2v) is 5.91. The lowest BCUT2D eigenvalue weighted by Crippen LogP contribution is -2.51. The van der Waals surface area contributed by atoms with Crippen molar-refractivity contribution in [3.05, 3.63) is 6.33 Å². The van der Waals surface area contributed by atoms with Gasteiger partial charge in [0.15, 0.2) is 11.2 Å². The minimum atomic E-state index is -0.0179. The summed E-state index contributed by atoms with van der Waals surface area (Å²) in [5.41, 5.74) is 7.42. The third kappa shape index (κ3) is 1.95. The summed E-state index contributed by atoms with van der Waals surface area (Å²) >= 11 is 0. The first-order chi connectivity index (χ1) is 10.0. The molecule has 0 spiro atoms. The van der Waals surface area contributed by atoms with Crippen LogP contribution in [0.2, 0.25) is 0 Å². The van der Waals surface area contributed by atoms with Crippen LogP contribution in [0.15, 0.2) is 6.33 Å². The Morgan fingerprint density at radius 2 is 2.19 bits per heavy atom. The quantitative estimate of drug-likeness (QED) is 0.924. The molecule has 0 aliphatic heterocycles. The second-order valence-electron chi connectivity index (χ2n) is 5.91. The van der Waals surface area contributed by atoms with E-state index >= 15 is 0 Å². The van der Waals surface area contributed by atoms with Gasteiger partial charge in [0.2, 0.25) is 11.8 Å². The van der Waals surface area contributed by atoms with Crippen LogP contribution in [-0.2, 0) is 4.74 Å². The summed E-state index contributed by atoms with van der Waals surface area (Å²) in [4.78, 5) is 12.8. The summed E-state index contributed by atoms with van der Waals surface area (Å²) in [7, 11) is 1.56. The maximum Gasteiger partial charge on any atom is 0.245 e. The molecule has 3 rings (SSSR count). The van der Waals surface area contributed by atoms with Gasteiger partial charge < -0.3 is 15.2 Å². The molecule has 2 aromatic heterocycles. The Balaban J connectivity index is 2.04. The fourth-order valence-corrected chi connectivity index (χ4v) is 3.15. The third-order valence-corrected chi connectivity index (χ3v) is 4.47. The molecule has 1 aliphatic carbocycles. The van der Waals surface area contributed by atoms with Crippen molar-refractivity contribution in [2.75, 3.05) is 19.5 Å². The first-order valence-electron chi connectivity index (χ1n) is 7.14. The van der Waals surface area contributed by atoms with Crippen molar-refractivity contribution in [2.45, 2.75) is 39.3 Å². The molecule has 2 heterocycles. The fourth-order valence-electron chi connectivity index (χ4n) is 3.15. The van der Waals surface area contributed by atoms with Gasteiger partial charge in [0.05, 0.1) is 13.2 Å². The second kappa shape index (κ2) is 4.84. The molecule has 0 saturated heterocycles. The summed E-state index contributed by atoms with van der Waals surface area (Å²) in [6.07, 6.45) is 2.61. The number of aromatic nitrogens is 4. The van der Waals surface area contributed by atoms with Gasteiger partial charge in [-0.05, 0) is 13.3 Å². The van der Waals surface area contributed by atoms with E-state index in [2.05, 4.69) is 28.8 Å². The van der Waals surface area contributed by atoms with Gasteiger partial charge in [0.1, 0.15) is 6.33 Å². The molecule has 2 unspecified atom stereocenters. The third-order valence-electron chi connectivity index (χ3n) is 4.47. The van der Waals surface area contributed by atoms with Crippen molar-refractivity contribution in [3.63, 3.8) is 0 Å². The number of hydrogen-bond donors (Lipinski definition) is 1. The van der Waals surface area contributed by atoms with Crippen LogP contribution >= 0.6 is 0 Å². The van der Waals surface area contributed by atoms with E-state index in [1.54, 1.807) is 7.11 Å². The highest BCUT2D eigenvalue weighted by atomic mass is 16.5. The van der Waals surface area contributed by atoms with Crippen molar-refractivity contribution in [1.82, 2.24) is 19.5 Å². The van der Waals surface area contributed by atoms with Crippen LogP contribution < -0.4 is 10.5 Å². The van der Waals surface area contributed by atoms with Crippen LogP contribution in [0.4, 0.5) is 5.95 Å². The number of fused-ring (bicyclic) bond motifs is 1. The lowest BCUT2D eigenvalue weighted by atomic mass is 9.64. The molecule has 0 amide bonds. The van der Waals surface area contributed by atoms with Crippen molar-refractivity contribution in [3.8, 4) is 5.88 Å². The molecule has 7 heteroatoms. The maximum atomic E-state index is 6.12. The standard InChI is InChI=1S/C14H21N5O2/c1-5-21-9-6-8(14(9,2)3)19-11-10(18-13(19)15)12(20-4)17-7-16-11/h7-9H,5-6H2,1-4H3,(H2,15,18). The average molecular weight is 291 g/mol. The molecule has 0 radical (unpaired) electrons. The number of methoxy groups -OCH3 is 1. The number of nitrogens with two attached hydrogens (primary N) is 1. The normalized spacial score (nSPS) is 24.0. The molecule has 2 atom stereocenters. The first kappa shape index (κ1) is 14.1. The van der Waals surface area contributed by atoms with Crippen molar-refractivity contribution < 1.29 is 9.47 Å². The summed E-state index contributed by atoms with van der Waals surface area (Å²) < 4.78 is 13.0. The molecule has 114 valence electrons. The Kier molecular flexibility index (Phi) is 3.24. The molecule has 0 aromatic carbocycles. The number of anilines is 1. The smallest absolute Gasteiger partial charge is 0.245 e. The highest BCUT2D eigenvalue weighted by molar-refractivity contribution is 5.79. The summed E-state index contributed by atoms with van der Waals surface area (Å²) in [6.45, 7) is 7.11. The van der Waals surface area contributed by atoms with Crippen molar-refractivity contribution in [1.29, 1.82) is 0 Å². The van der Waals surface area contributed by atoms with Gasteiger partial charge in [-0.1, -0.05) is 13.8 Å². The van der Waals surface area contributed by atoms with E-state index in [-0.39, 0.29) is 17.6 Å². The van der Waals surface area contributed by atoms with Crippen molar-refractivity contribution >= 4 is 17.1 Å². The van der Waals surface area contributed by atoms with Gasteiger partial charge in [0, 0.05) is 18.1 Å². The number of ether oxygens (including phenoxy) is 2. The van der Waals surface area contributed by atoms with Crippen molar-refractivity contribution in [2.24, 2.45) is 5.41 Å². The highest BCUT2D eigenvalue weighted by Gasteiger charge is 2.51. The number of nitrogens with zero attached hydrogens (tertiary/aromatic N) is 4. The Hall–Kier alpha value is -1.89. The van der Waals surface area contributed by atoms with E-state index in [0.717, 1.165) is 13.0 Å². The van der Waals surface area contributed by atoms with Crippen LogP contribution in [0.3, 0.4) is 0 Å². The summed E-state index contributed by atoms with van der Waals surface area (Å²) in [5.74, 6) is 0.890. The predicted octanol–water partition coefficient (Wildman–Crippen LogP) is 1.79. The minimum absolute atomic E-state index is 0.0179. The molecule has 0 bridgehead atoms. The van der Waals surface area contributed by atoms with E-state index in [1.165, 1.54) is 6.33 Å². The van der Waals surface area contributed by atoms with E-state index in [9.17, 15) is 0 Å². The first-order valence-corrected chi connectivity index (χ1v) is 7.14. The molecule has 2 aromatic rings. The Labute approximate surface area is 123 Å². The Bertz CT molecular complexity index is 667. The van der Waals surface area contributed by atoms with Crippen LogP contribution in [0.5, 0.6) is 5.88 Å². The van der Waals surface area contributed by atoms with Gasteiger partial charge in [0.25, 0.3) is 0 Å². The van der Waals surface area contributed by atoms with Gasteiger partial charge in [-0.25, -0.2) is 9.97 Å². The number of rotatable bonds is 4. The topological polar surface area (TPSA) is 88.1 Å². The zero-order valence-electron chi connectivity index (χ0n) is 12.8. The van der Waals surface area contributed by atoms with Crippen LogP contribution in [0.1, 0.15) is 33.2 Å². The lowest BCUT2D eigenvalue weighted by molar-refractivity contribution is -0.126. The van der Waals surface area contributed by atoms with E-state index in [0.29, 0.717) is 23.0 Å². The zero-order valence-corrected chi connectivity index (χ0v) is 12.8. The van der Waals surface area contributed by atoms with Gasteiger partial charge in [-0.2, -0.15) is 4.98 Å². The number of nitrogen functional groups attached to an aromatic ring is 1. The molecule has 1 saturated carbocycles. The number of hydrogen-bond acceptors (Lipinski definition) is 6. The largest absolute Gasteiger partial charge is 0.479 e. The zero-order chi connectivity index (χ0) is 15.2. The molecule has 7 nitrogen and oxygen atoms in total. The summed E-state index contributed by atoms with van der Waals surface area (Å²) in [6, 6.07) is 0.207. The monoisotopic (exact) mass is 291 g/mol. The molecule has 21 heavy (non-hydrogen) atoms. The SMILES string of the molecule is CCOC1CC(n2c(N)nc3c(OC)ncnc32)C1(C)C. The molecule has 2 N–H and O–H groups in total. The van der Waals surface area contributed by atoms with Gasteiger partial charge >= 0.3 is 0 Å². The molecule has 1 aliphatic rings.